The van der Waals surface area contributed by atoms with Crippen LogP contribution in [0.2, 0.25) is 0 Å². The lowest BCUT2D eigenvalue weighted by Gasteiger charge is -2.04. The van der Waals surface area contributed by atoms with E-state index in [1.54, 1.807) is 18.0 Å². The third-order valence-electron chi connectivity index (χ3n) is 1.53. The number of aromatic nitrogens is 2. The second kappa shape index (κ2) is 6.62. The van der Waals surface area contributed by atoms with Gasteiger partial charge in [-0.05, 0) is 12.5 Å². The summed E-state index contributed by atoms with van der Waals surface area (Å²) in [5.41, 5.74) is 5.41. The minimum Gasteiger partial charge on any atom is -0.354 e. The number of rotatable bonds is 6. The Hall–Kier alpha value is -0.810. The highest BCUT2D eigenvalue weighted by atomic mass is 32.2. The maximum atomic E-state index is 5.41. The molecule has 14 heavy (non-hydrogen) atoms. The van der Waals surface area contributed by atoms with Crippen molar-refractivity contribution < 1.29 is 0 Å². The highest BCUT2D eigenvalue weighted by Crippen LogP contribution is 2.14. The van der Waals surface area contributed by atoms with Crippen LogP contribution in [0.5, 0.6) is 0 Å². The van der Waals surface area contributed by atoms with Crippen molar-refractivity contribution >= 4 is 17.7 Å². The number of nitrogens with two attached hydrogens (primary N) is 1. The van der Waals surface area contributed by atoms with Crippen LogP contribution < -0.4 is 11.1 Å². The van der Waals surface area contributed by atoms with Crippen LogP contribution in [0.15, 0.2) is 17.3 Å². The van der Waals surface area contributed by atoms with Crippen LogP contribution >= 0.6 is 11.8 Å². The fourth-order valence-electron chi connectivity index (χ4n) is 0.908. The Bertz CT molecular complexity index is 243. The molecule has 4 nitrogen and oxygen atoms in total. The van der Waals surface area contributed by atoms with Gasteiger partial charge in [0.15, 0.2) is 0 Å². The van der Waals surface area contributed by atoms with Crippen LogP contribution in [0, 0.1) is 0 Å². The van der Waals surface area contributed by atoms with Crippen molar-refractivity contribution in [3.63, 3.8) is 0 Å². The van der Waals surface area contributed by atoms with Crippen LogP contribution in [0.4, 0.5) is 5.95 Å². The van der Waals surface area contributed by atoms with E-state index in [0.29, 0.717) is 12.5 Å². The van der Waals surface area contributed by atoms with Gasteiger partial charge in [0.2, 0.25) is 5.95 Å². The summed E-state index contributed by atoms with van der Waals surface area (Å²) in [7, 11) is 0. The first-order chi connectivity index (χ1) is 6.86. The van der Waals surface area contributed by atoms with Gasteiger partial charge in [-0.3, -0.25) is 0 Å². The number of nitrogens with zero attached hydrogens (tertiary/aromatic N) is 2. The van der Waals surface area contributed by atoms with E-state index in [1.807, 2.05) is 6.07 Å². The molecule has 0 aliphatic carbocycles. The highest BCUT2D eigenvalue weighted by molar-refractivity contribution is 7.99. The maximum Gasteiger partial charge on any atom is 0.223 e. The fraction of sp³-hybridized carbons (Fsp3) is 0.556. The first kappa shape index (κ1) is 11.3. The van der Waals surface area contributed by atoms with Crippen molar-refractivity contribution in [3.05, 3.63) is 12.3 Å². The van der Waals surface area contributed by atoms with Gasteiger partial charge in [0, 0.05) is 25.0 Å². The fourth-order valence-corrected chi connectivity index (χ4v) is 1.54. The Morgan fingerprint density at radius 3 is 3.14 bits per heavy atom. The molecule has 0 amide bonds. The quantitative estimate of drug-likeness (QED) is 0.550. The van der Waals surface area contributed by atoms with Crippen molar-refractivity contribution in [2.75, 3.05) is 24.2 Å². The second-order valence-electron chi connectivity index (χ2n) is 2.78. The van der Waals surface area contributed by atoms with Gasteiger partial charge >= 0.3 is 0 Å². The molecule has 3 N–H and O–H groups in total. The summed E-state index contributed by atoms with van der Waals surface area (Å²) in [4.78, 5) is 8.45. The van der Waals surface area contributed by atoms with Crippen LogP contribution in [0.1, 0.15) is 13.3 Å². The van der Waals surface area contributed by atoms with Gasteiger partial charge in [0.05, 0.1) is 0 Å². The van der Waals surface area contributed by atoms with E-state index in [0.717, 1.165) is 23.7 Å². The molecule has 0 saturated carbocycles. The van der Waals surface area contributed by atoms with E-state index in [4.69, 9.17) is 5.73 Å². The highest BCUT2D eigenvalue weighted by Gasteiger charge is 1.97. The van der Waals surface area contributed by atoms with Gasteiger partial charge in [-0.2, -0.15) is 0 Å². The average Bonchev–Trinajstić information content (AvgIpc) is 2.24. The molecule has 0 aliphatic rings. The van der Waals surface area contributed by atoms with E-state index in [2.05, 4.69) is 22.2 Å². The van der Waals surface area contributed by atoms with Gasteiger partial charge in [0.25, 0.3) is 0 Å². The van der Waals surface area contributed by atoms with Crippen molar-refractivity contribution in [2.45, 2.75) is 18.4 Å². The van der Waals surface area contributed by atoms with Crippen molar-refractivity contribution in [3.8, 4) is 0 Å². The molecule has 1 heterocycles. The lowest BCUT2D eigenvalue weighted by atomic mass is 10.5. The summed E-state index contributed by atoms with van der Waals surface area (Å²) in [6.45, 7) is 3.69. The number of nitrogens with one attached hydrogen (secondary N) is 1. The number of anilines is 1. The normalized spacial score (nSPS) is 10.1. The molecule has 5 heteroatoms. The Morgan fingerprint density at radius 2 is 2.43 bits per heavy atom. The minimum atomic E-state index is 0.673. The van der Waals surface area contributed by atoms with Crippen LogP contribution in [-0.4, -0.2) is 28.8 Å². The Kier molecular flexibility index (Phi) is 5.32. The summed E-state index contributed by atoms with van der Waals surface area (Å²) in [6.07, 6.45) is 2.84. The largest absolute Gasteiger partial charge is 0.354 e. The smallest absolute Gasteiger partial charge is 0.223 e. The van der Waals surface area contributed by atoms with Crippen LogP contribution in [-0.2, 0) is 0 Å². The number of hydrogen-bond donors (Lipinski definition) is 2. The second-order valence-corrected chi connectivity index (χ2v) is 3.90. The van der Waals surface area contributed by atoms with E-state index >= 15 is 0 Å². The average molecular weight is 212 g/mol. The summed E-state index contributed by atoms with van der Waals surface area (Å²) >= 11 is 1.65. The zero-order valence-electron chi connectivity index (χ0n) is 8.36. The lowest BCUT2D eigenvalue weighted by Crippen LogP contribution is -2.05. The third kappa shape index (κ3) is 3.93. The van der Waals surface area contributed by atoms with E-state index < -0.39 is 0 Å². The molecular formula is C9H16N4S. The first-order valence-corrected chi connectivity index (χ1v) is 5.75. The van der Waals surface area contributed by atoms with Crippen molar-refractivity contribution in [2.24, 2.45) is 5.73 Å². The van der Waals surface area contributed by atoms with Crippen LogP contribution in [0.3, 0.4) is 0 Å². The Morgan fingerprint density at radius 1 is 1.57 bits per heavy atom. The molecule has 0 saturated heterocycles. The van der Waals surface area contributed by atoms with Gasteiger partial charge in [-0.25, -0.2) is 9.97 Å². The predicted octanol–water partition coefficient (Wildman–Crippen LogP) is 1.35. The monoisotopic (exact) mass is 212 g/mol. The molecule has 0 bridgehead atoms. The summed E-state index contributed by atoms with van der Waals surface area (Å²) < 4.78 is 0. The molecule has 0 atom stereocenters. The molecule has 0 aromatic carbocycles. The maximum absolute atomic E-state index is 5.41. The van der Waals surface area contributed by atoms with Gasteiger partial charge < -0.3 is 11.1 Å². The van der Waals surface area contributed by atoms with Gasteiger partial charge in [-0.1, -0.05) is 6.92 Å². The lowest BCUT2D eigenvalue weighted by molar-refractivity contribution is 0.935. The molecular weight excluding hydrogens is 196 g/mol. The predicted molar refractivity (Wildman–Crippen MR) is 60.6 cm³/mol. The zero-order valence-corrected chi connectivity index (χ0v) is 9.18. The molecule has 0 fully saturated rings. The molecule has 1 aromatic rings. The molecule has 1 rings (SSSR count). The molecule has 0 aliphatic heterocycles. The standard InChI is InChI=1S/C9H16N4S/c1-2-5-11-9-12-6-3-8(13-9)14-7-4-10/h3,6H,2,4-5,7,10H2,1H3,(H,11,12,13). The molecule has 78 valence electrons. The van der Waals surface area contributed by atoms with E-state index in [9.17, 15) is 0 Å². The summed E-state index contributed by atoms with van der Waals surface area (Å²) in [6, 6.07) is 1.90. The Balaban J connectivity index is 2.50. The number of hydrogen-bond acceptors (Lipinski definition) is 5. The summed E-state index contributed by atoms with van der Waals surface area (Å²) in [5.74, 6) is 1.60. The topological polar surface area (TPSA) is 63.8 Å². The SMILES string of the molecule is CCCNc1nccc(SCCN)n1. The zero-order chi connectivity index (χ0) is 10.2. The van der Waals surface area contributed by atoms with Gasteiger partial charge in [0.1, 0.15) is 5.03 Å². The Labute approximate surface area is 88.7 Å². The van der Waals surface area contributed by atoms with Crippen molar-refractivity contribution in [1.82, 2.24) is 9.97 Å². The molecule has 1 aromatic heterocycles. The number of thioether (sulfide) groups is 1. The van der Waals surface area contributed by atoms with Crippen molar-refractivity contribution in [1.29, 1.82) is 0 Å². The molecule has 0 spiro atoms. The van der Waals surface area contributed by atoms with Crippen LogP contribution in [0.25, 0.3) is 0 Å². The minimum absolute atomic E-state index is 0.673. The third-order valence-corrected chi connectivity index (χ3v) is 2.49. The van der Waals surface area contributed by atoms with Gasteiger partial charge in [-0.15, -0.1) is 11.8 Å². The first-order valence-electron chi connectivity index (χ1n) is 4.76. The summed E-state index contributed by atoms with van der Waals surface area (Å²) in [5, 5.41) is 4.12. The molecule has 0 radical (unpaired) electrons. The van der Waals surface area contributed by atoms with E-state index in [-0.39, 0.29) is 0 Å². The van der Waals surface area contributed by atoms with E-state index in [1.165, 1.54) is 0 Å². The molecule has 0 unspecified atom stereocenters.